The highest BCUT2D eigenvalue weighted by atomic mass is 28.2. The van der Waals surface area contributed by atoms with Gasteiger partial charge in [0.05, 0.1) is 41.6 Å². The van der Waals surface area contributed by atoms with Gasteiger partial charge in [-0.1, -0.05) is 42.8 Å². The predicted molar refractivity (Wildman–Crippen MR) is 201 cm³/mol. The first-order chi connectivity index (χ1) is 24.3. The van der Waals surface area contributed by atoms with Crippen molar-refractivity contribution in [2.75, 3.05) is 13.1 Å². The SMILES string of the molecule is C[SiH2]CC#Cn1c(-c2ccc(-c3ccc(-c4cnc([C@@H]5CCCN5C(=O)OC(C)(C)C)[nH]4)cc3)cn2)cnc1[C@@H]1CCCN1C(=O)OC(C)(C)C. The largest absolute Gasteiger partial charge is 0.444 e. The first kappa shape index (κ1) is 35.9. The Kier molecular flexibility index (Phi) is 10.4. The van der Waals surface area contributed by atoms with Gasteiger partial charge in [0.25, 0.3) is 0 Å². The number of likely N-dealkylation sites (tertiary alicyclic amines) is 2. The Morgan fingerprint density at radius 1 is 0.804 bits per heavy atom. The van der Waals surface area contributed by atoms with Gasteiger partial charge in [0.2, 0.25) is 0 Å². The monoisotopic (exact) mass is 707 g/mol. The first-order valence-corrected chi connectivity index (χ1v) is 20.4. The summed E-state index contributed by atoms with van der Waals surface area (Å²) in [6.07, 6.45) is 8.31. The molecule has 6 rings (SSSR count). The molecule has 0 unspecified atom stereocenters. The summed E-state index contributed by atoms with van der Waals surface area (Å²) in [5.41, 5.74) is 4.35. The van der Waals surface area contributed by atoms with Crippen LogP contribution in [0.1, 0.15) is 91.0 Å². The summed E-state index contributed by atoms with van der Waals surface area (Å²) in [6.45, 7) is 14.8. The van der Waals surface area contributed by atoms with Crippen LogP contribution in [0.5, 0.6) is 0 Å². The number of carbonyl (C=O) groups excluding carboxylic acids is 2. The van der Waals surface area contributed by atoms with Crippen molar-refractivity contribution in [3.8, 4) is 45.7 Å². The molecule has 268 valence electrons. The Morgan fingerprint density at radius 3 is 2.02 bits per heavy atom. The summed E-state index contributed by atoms with van der Waals surface area (Å²) in [5, 5.41) is 0. The summed E-state index contributed by atoms with van der Waals surface area (Å²) >= 11 is 0. The van der Waals surface area contributed by atoms with Crippen LogP contribution in [0.2, 0.25) is 12.6 Å². The number of H-pyrrole nitrogens is 1. The van der Waals surface area contributed by atoms with E-state index < -0.39 is 11.2 Å². The molecule has 1 N–H and O–H groups in total. The van der Waals surface area contributed by atoms with Gasteiger partial charge in [0, 0.05) is 40.4 Å². The molecule has 1 aromatic carbocycles. The average Bonchev–Trinajstić information content (AvgIpc) is 3.90. The lowest BCUT2D eigenvalue weighted by molar-refractivity contribution is 0.0207. The number of ether oxygens (including phenoxy) is 2. The van der Waals surface area contributed by atoms with Crippen molar-refractivity contribution in [1.82, 2.24) is 34.3 Å². The molecule has 2 fully saturated rings. The van der Waals surface area contributed by atoms with Crippen LogP contribution in [0.4, 0.5) is 9.59 Å². The zero-order valence-corrected chi connectivity index (χ0v) is 32.2. The number of rotatable bonds is 6. The molecule has 0 saturated carbocycles. The van der Waals surface area contributed by atoms with E-state index in [4.69, 9.17) is 19.4 Å². The van der Waals surface area contributed by atoms with Gasteiger partial charge >= 0.3 is 12.2 Å². The van der Waals surface area contributed by atoms with Crippen LogP contribution in [0.15, 0.2) is 55.0 Å². The van der Waals surface area contributed by atoms with Gasteiger partial charge in [-0.3, -0.25) is 19.4 Å². The smallest absolute Gasteiger partial charge is 0.410 e. The summed E-state index contributed by atoms with van der Waals surface area (Å²) in [6, 6.07) is 16.2. The van der Waals surface area contributed by atoms with E-state index in [1.165, 1.54) is 0 Å². The second-order valence-corrected chi connectivity index (χ2v) is 16.7. The molecule has 11 nitrogen and oxygen atoms in total. The lowest BCUT2D eigenvalue weighted by Gasteiger charge is -2.28. The molecular weight excluding hydrogens is 659 g/mol. The van der Waals surface area contributed by atoms with E-state index in [1.807, 2.05) is 70.8 Å². The van der Waals surface area contributed by atoms with Crippen LogP contribution < -0.4 is 0 Å². The normalized spacial score (nSPS) is 17.9. The standard InChI is InChI=1S/C39H49N7O4Si/c1-38(2,3)49-36(47)45-19-8-11-31(45)34-41-24-30(43-34)27-15-13-26(14-16-27)28-17-18-29(40-23-28)33-25-42-35(44(33)21-10-22-51-7)32-12-9-20-46(32)37(48)50-39(4,5)6/h13-18,23-25,31-32H,8-9,11-12,19-20,22,51H2,1-7H3,(H,41,43)/t31-,32-/m0/s1. The van der Waals surface area contributed by atoms with E-state index in [0.717, 1.165) is 77.1 Å². The van der Waals surface area contributed by atoms with Crippen molar-refractivity contribution in [2.45, 2.75) is 103 Å². The number of benzene rings is 1. The fourth-order valence-electron chi connectivity index (χ4n) is 6.53. The second kappa shape index (κ2) is 14.8. The Labute approximate surface area is 303 Å². The van der Waals surface area contributed by atoms with Crippen LogP contribution in [0.25, 0.3) is 33.8 Å². The van der Waals surface area contributed by atoms with Crippen LogP contribution in [0, 0.1) is 12.0 Å². The molecule has 12 heteroatoms. The number of carbonyl (C=O) groups is 2. The molecule has 0 aliphatic carbocycles. The molecule has 4 aromatic rings. The van der Waals surface area contributed by atoms with Gasteiger partial charge in [-0.15, -0.1) is 0 Å². The quantitative estimate of drug-likeness (QED) is 0.162. The van der Waals surface area contributed by atoms with Gasteiger partial charge in [-0.25, -0.2) is 19.6 Å². The number of imidazole rings is 2. The van der Waals surface area contributed by atoms with Crippen molar-refractivity contribution in [2.24, 2.45) is 0 Å². The Balaban J connectivity index is 1.19. The molecule has 0 spiro atoms. The van der Waals surface area contributed by atoms with Crippen LogP contribution in [0.3, 0.4) is 0 Å². The van der Waals surface area contributed by atoms with Crippen LogP contribution >= 0.6 is 0 Å². The average molecular weight is 708 g/mol. The van der Waals surface area contributed by atoms with E-state index >= 15 is 0 Å². The van der Waals surface area contributed by atoms with E-state index in [1.54, 1.807) is 9.80 Å². The van der Waals surface area contributed by atoms with Crippen LogP contribution in [-0.4, -0.2) is 80.3 Å². The maximum atomic E-state index is 13.1. The van der Waals surface area contributed by atoms with E-state index in [0.29, 0.717) is 13.1 Å². The zero-order chi connectivity index (χ0) is 36.3. The molecule has 2 saturated heterocycles. The van der Waals surface area contributed by atoms with Crippen LogP contribution in [-0.2, 0) is 9.47 Å². The molecule has 2 aliphatic rings. The van der Waals surface area contributed by atoms with E-state index in [-0.39, 0.29) is 33.8 Å². The minimum Gasteiger partial charge on any atom is -0.444 e. The number of nitrogens with zero attached hydrogens (tertiary/aromatic N) is 6. The molecule has 0 bridgehead atoms. The fourth-order valence-corrected chi connectivity index (χ4v) is 6.90. The van der Waals surface area contributed by atoms with E-state index in [9.17, 15) is 9.59 Å². The topological polar surface area (TPSA) is 118 Å². The minimum atomic E-state index is -0.576. The molecule has 0 radical (unpaired) electrons. The predicted octanol–water partition coefficient (Wildman–Crippen LogP) is 7.59. The number of amides is 2. The van der Waals surface area contributed by atoms with Crippen molar-refractivity contribution in [1.29, 1.82) is 0 Å². The summed E-state index contributed by atoms with van der Waals surface area (Å²) in [7, 11) is -0.233. The van der Waals surface area contributed by atoms with E-state index in [2.05, 4.69) is 58.8 Å². The fraction of sp³-hybridized carbons (Fsp3) is 0.462. The Hall–Kier alpha value is -4.89. The van der Waals surface area contributed by atoms with Gasteiger partial charge in [0.15, 0.2) is 0 Å². The third-order valence-corrected chi connectivity index (χ3v) is 9.63. The number of aromatic amines is 1. The molecule has 51 heavy (non-hydrogen) atoms. The second-order valence-electron chi connectivity index (χ2n) is 15.2. The lowest BCUT2D eigenvalue weighted by Crippen LogP contribution is -2.37. The number of pyridine rings is 1. The maximum Gasteiger partial charge on any atom is 0.410 e. The Morgan fingerprint density at radius 2 is 1.41 bits per heavy atom. The summed E-state index contributed by atoms with van der Waals surface area (Å²) < 4.78 is 13.3. The van der Waals surface area contributed by atoms with Crippen molar-refractivity contribution in [3.63, 3.8) is 0 Å². The number of hydrogen-bond acceptors (Lipinski definition) is 7. The third kappa shape index (κ3) is 8.36. The number of nitrogens with one attached hydrogen (secondary N) is 1. The molecule has 2 amide bonds. The molecule has 3 aromatic heterocycles. The number of aromatic nitrogens is 5. The van der Waals surface area contributed by atoms with Crippen molar-refractivity contribution >= 4 is 21.7 Å². The number of hydrogen-bond donors (Lipinski definition) is 1. The minimum absolute atomic E-state index is 0.133. The van der Waals surface area contributed by atoms with Gasteiger partial charge in [0.1, 0.15) is 22.9 Å². The van der Waals surface area contributed by atoms with Gasteiger partial charge in [-0.05, 0) is 90.5 Å². The molecule has 2 aliphatic heterocycles. The molecule has 2 atom stereocenters. The van der Waals surface area contributed by atoms with Gasteiger partial charge < -0.3 is 14.5 Å². The molecule has 5 heterocycles. The first-order valence-electron chi connectivity index (χ1n) is 18.0. The molecular formula is C39H49N7O4Si. The zero-order valence-electron chi connectivity index (χ0n) is 30.8. The summed E-state index contributed by atoms with van der Waals surface area (Å²) in [5.74, 6) is 4.84. The summed E-state index contributed by atoms with van der Waals surface area (Å²) in [4.78, 5) is 47.2. The Bertz CT molecular complexity index is 1910. The highest BCUT2D eigenvalue weighted by molar-refractivity contribution is 6.34. The van der Waals surface area contributed by atoms with Gasteiger partial charge in [-0.2, -0.15) is 0 Å². The highest BCUT2D eigenvalue weighted by Crippen LogP contribution is 2.36. The van der Waals surface area contributed by atoms with Crippen molar-refractivity contribution in [3.05, 3.63) is 66.6 Å². The lowest BCUT2D eigenvalue weighted by atomic mass is 10.0. The third-order valence-electron chi connectivity index (χ3n) is 8.88. The maximum absolute atomic E-state index is 13.1. The highest BCUT2D eigenvalue weighted by Gasteiger charge is 2.37. The van der Waals surface area contributed by atoms with Crippen molar-refractivity contribution < 1.29 is 19.1 Å².